The van der Waals surface area contributed by atoms with Gasteiger partial charge in [-0.15, -0.1) is 0 Å². The second-order valence-electron chi connectivity index (χ2n) is 9.05. The maximum atomic E-state index is 14.7. The van der Waals surface area contributed by atoms with E-state index in [0.29, 0.717) is 30.6 Å². The Morgan fingerprint density at radius 1 is 1.41 bits per heavy atom. The molecule has 0 saturated heterocycles. The van der Waals surface area contributed by atoms with Gasteiger partial charge in [-0.3, -0.25) is 4.79 Å². The first-order valence-electron chi connectivity index (χ1n) is 11.1. The Morgan fingerprint density at radius 2 is 2.15 bits per heavy atom. The van der Waals surface area contributed by atoms with Gasteiger partial charge in [0.2, 0.25) is 5.95 Å². The Hall–Kier alpha value is -2.82. The summed E-state index contributed by atoms with van der Waals surface area (Å²) in [7, 11) is 1.81. The van der Waals surface area contributed by atoms with Gasteiger partial charge in [-0.25, -0.2) is 23.1 Å². The summed E-state index contributed by atoms with van der Waals surface area (Å²) < 4.78 is 45.6. The lowest BCUT2D eigenvalue weighted by Crippen LogP contribution is -2.27. The number of alkyl halides is 2. The van der Waals surface area contributed by atoms with Crippen LogP contribution in [0.25, 0.3) is 0 Å². The number of anilines is 3. The highest BCUT2D eigenvalue weighted by Crippen LogP contribution is 2.75. The summed E-state index contributed by atoms with van der Waals surface area (Å²) in [6.07, 6.45) is 3.91. The van der Waals surface area contributed by atoms with Crippen molar-refractivity contribution in [1.29, 1.82) is 0 Å². The number of nitrogen functional groups attached to an aromatic ring is 1. The Kier molecular flexibility index (Phi) is 6.50. The largest absolute Gasteiger partial charge is 0.368 e. The zero-order valence-corrected chi connectivity index (χ0v) is 20.0. The molecule has 1 atom stereocenters. The van der Waals surface area contributed by atoms with Crippen molar-refractivity contribution in [2.75, 3.05) is 28.2 Å². The molecular weight excluding hydrogens is 465 g/mol. The number of carbonyl (C=O) groups is 1. The van der Waals surface area contributed by atoms with Crippen LogP contribution in [0, 0.1) is 17.2 Å². The number of aromatic nitrogens is 2. The van der Waals surface area contributed by atoms with Gasteiger partial charge in [-0.1, -0.05) is 24.4 Å². The molecule has 182 valence electrons. The first kappa shape index (κ1) is 24.3. The monoisotopic (exact) mass is 492 g/mol. The average molecular weight is 493 g/mol. The van der Waals surface area contributed by atoms with Crippen molar-refractivity contribution in [2.24, 2.45) is 16.3 Å². The highest BCUT2D eigenvalue weighted by atomic mass is 32.2. The number of halogens is 3. The summed E-state index contributed by atoms with van der Waals surface area (Å²) in [6, 6.07) is 4.27. The highest BCUT2D eigenvalue weighted by molar-refractivity contribution is 8.00. The summed E-state index contributed by atoms with van der Waals surface area (Å²) in [5.74, 6) is -3.18. The van der Waals surface area contributed by atoms with E-state index in [9.17, 15) is 18.0 Å². The van der Waals surface area contributed by atoms with Crippen molar-refractivity contribution >= 4 is 47.1 Å². The van der Waals surface area contributed by atoms with Gasteiger partial charge in [0.15, 0.2) is 12.1 Å². The molecule has 2 aliphatic carbocycles. The van der Waals surface area contributed by atoms with Crippen molar-refractivity contribution in [3.63, 3.8) is 0 Å². The third kappa shape index (κ3) is 4.21. The molecule has 3 N–H and O–H groups in total. The molecule has 34 heavy (non-hydrogen) atoms. The second kappa shape index (κ2) is 9.09. The van der Waals surface area contributed by atoms with Crippen LogP contribution in [0.15, 0.2) is 29.4 Å². The summed E-state index contributed by atoms with van der Waals surface area (Å²) in [6.45, 7) is 3.92. The summed E-state index contributed by atoms with van der Waals surface area (Å²) in [5, 5.41) is 0. The lowest BCUT2D eigenvalue weighted by Gasteiger charge is -2.26. The molecule has 1 spiro atoms. The number of benzene rings is 1. The fourth-order valence-corrected chi connectivity index (χ4v) is 5.41. The number of nitrogens with zero attached hydrogens (tertiary/aromatic N) is 4. The minimum atomic E-state index is -2.62. The lowest BCUT2D eigenvalue weighted by molar-refractivity contribution is -0.102. The van der Waals surface area contributed by atoms with Gasteiger partial charge in [-0.05, 0) is 38.8 Å². The molecular formula is C23H27F3N6OS. The van der Waals surface area contributed by atoms with E-state index in [4.69, 9.17) is 5.73 Å². The number of nitrogens with one attached hydrogen (secondary N) is 1. The van der Waals surface area contributed by atoms with E-state index >= 15 is 0 Å². The number of aliphatic imine (C=N–C) groups is 1. The van der Waals surface area contributed by atoms with Crippen molar-refractivity contribution in [2.45, 2.75) is 45.1 Å². The van der Waals surface area contributed by atoms with Crippen LogP contribution >= 0.6 is 11.9 Å². The van der Waals surface area contributed by atoms with E-state index < -0.39 is 23.1 Å². The van der Waals surface area contributed by atoms with Crippen LogP contribution in [-0.2, 0) is 4.79 Å². The fraction of sp³-hybridized carbons (Fsp3) is 0.478. The molecule has 2 aliphatic rings. The molecule has 0 amide bonds. The topological polar surface area (TPSA) is 96.5 Å². The first-order valence-corrected chi connectivity index (χ1v) is 12.0. The van der Waals surface area contributed by atoms with Gasteiger partial charge in [-0.2, -0.15) is 4.98 Å². The van der Waals surface area contributed by atoms with Gasteiger partial charge in [0.1, 0.15) is 17.2 Å². The van der Waals surface area contributed by atoms with Crippen LogP contribution in [0.3, 0.4) is 0 Å². The summed E-state index contributed by atoms with van der Waals surface area (Å²) >= 11 is 1.07. The first-order chi connectivity index (χ1) is 16.1. The Bertz CT molecular complexity index is 1120. The lowest BCUT2D eigenvalue weighted by atomic mass is 9.79. The molecule has 1 unspecified atom stereocenters. The molecule has 7 nitrogen and oxygen atoms in total. The molecule has 0 bridgehead atoms. The minimum Gasteiger partial charge on any atom is -0.368 e. The van der Waals surface area contributed by atoms with E-state index in [-0.39, 0.29) is 34.7 Å². The van der Waals surface area contributed by atoms with Crippen LogP contribution in [-0.4, -0.2) is 46.7 Å². The smallest absolute Gasteiger partial charge is 0.258 e. The van der Waals surface area contributed by atoms with E-state index in [1.54, 1.807) is 6.07 Å². The molecule has 11 heteroatoms. The van der Waals surface area contributed by atoms with Crippen molar-refractivity contribution < 1.29 is 18.0 Å². The van der Waals surface area contributed by atoms with Crippen molar-refractivity contribution in [3.05, 3.63) is 35.8 Å². The average Bonchev–Trinajstić information content (AvgIpc) is 3.28. The van der Waals surface area contributed by atoms with E-state index in [1.807, 2.05) is 25.8 Å². The molecule has 2 aromatic rings. The zero-order chi connectivity index (χ0) is 24.7. The quantitative estimate of drug-likeness (QED) is 0.293. The number of carbonyl (C=O) groups excluding carboxylic acids is 1. The molecule has 0 radical (unpaired) electrons. The van der Waals surface area contributed by atoms with Crippen LogP contribution in [0.5, 0.6) is 0 Å². The van der Waals surface area contributed by atoms with Crippen LogP contribution in [0.1, 0.15) is 38.7 Å². The maximum Gasteiger partial charge on any atom is 0.258 e. The van der Waals surface area contributed by atoms with Crippen LogP contribution < -0.4 is 15.4 Å². The maximum absolute atomic E-state index is 14.7. The molecule has 0 aliphatic heterocycles. The predicted molar refractivity (Wildman–Crippen MR) is 129 cm³/mol. The van der Waals surface area contributed by atoms with Gasteiger partial charge in [0.25, 0.3) is 5.92 Å². The number of rotatable bonds is 9. The fourth-order valence-electron chi connectivity index (χ4n) is 4.31. The number of aldehydes is 1. The van der Waals surface area contributed by atoms with Crippen LogP contribution in [0.2, 0.25) is 0 Å². The molecule has 2 saturated carbocycles. The van der Waals surface area contributed by atoms with Crippen molar-refractivity contribution in [3.8, 4) is 0 Å². The van der Waals surface area contributed by atoms with Gasteiger partial charge in [0.05, 0.1) is 11.9 Å². The second-order valence-corrected chi connectivity index (χ2v) is 9.88. The number of hydrogen-bond donors (Lipinski definition) is 2. The number of nitrogens with two attached hydrogens (primary N) is 1. The molecule has 2 fully saturated rings. The molecule has 1 aromatic carbocycles. The van der Waals surface area contributed by atoms with Gasteiger partial charge < -0.3 is 15.4 Å². The van der Waals surface area contributed by atoms with Gasteiger partial charge in [0, 0.05) is 35.7 Å². The molecule has 1 heterocycles. The standard InChI is InChI=1S/C23H27F3N6OS/c1-13(2)32(3)20-17(10-28-21(27)30-20)29-18(11-33)14-5-6-16(15(24)9-14)31-34-12-19-22(7-4-8-22)23(19,25)26/h5-6,9-11,13,19,31H,4,7-8,12H2,1-3H3,(H2,27,28,30)/b29-18+. The summed E-state index contributed by atoms with van der Waals surface area (Å²) in [4.78, 5) is 26.1. The molecule has 4 rings (SSSR count). The minimum absolute atomic E-state index is 0.00516. The SMILES string of the molecule is CC(C)N(C)c1nc(N)ncc1/N=C(\C=O)c1ccc(NSCC2C(F)(F)C23CCC3)c(F)c1. The molecule has 1 aromatic heterocycles. The number of hydrogen-bond acceptors (Lipinski definition) is 8. The highest BCUT2D eigenvalue weighted by Gasteiger charge is 2.81. The third-order valence-electron chi connectivity index (χ3n) is 6.86. The Morgan fingerprint density at radius 3 is 2.71 bits per heavy atom. The van der Waals surface area contributed by atoms with E-state index in [1.165, 1.54) is 18.3 Å². The van der Waals surface area contributed by atoms with Crippen LogP contribution in [0.4, 0.5) is 36.3 Å². The Labute approximate surface area is 200 Å². The van der Waals surface area contributed by atoms with E-state index in [2.05, 4.69) is 19.7 Å². The van der Waals surface area contributed by atoms with E-state index in [0.717, 1.165) is 18.4 Å². The summed E-state index contributed by atoms with van der Waals surface area (Å²) in [5.41, 5.74) is 5.62. The third-order valence-corrected chi connectivity index (χ3v) is 7.72. The van der Waals surface area contributed by atoms with Gasteiger partial charge >= 0.3 is 0 Å². The normalized spacial score (nSPS) is 20.2. The van der Waals surface area contributed by atoms with Crippen molar-refractivity contribution in [1.82, 2.24) is 9.97 Å². The predicted octanol–water partition coefficient (Wildman–Crippen LogP) is 4.86. The zero-order valence-electron chi connectivity index (χ0n) is 19.2. The Balaban J connectivity index is 1.48.